The van der Waals surface area contributed by atoms with Crippen molar-refractivity contribution in [2.75, 3.05) is 19.7 Å². The molecule has 1 fully saturated rings. The minimum Gasteiger partial charge on any atom is -1.00 e. The molecule has 1 aliphatic carbocycles. The molecule has 4 heteroatoms. The van der Waals surface area contributed by atoms with Crippen LogP contribution in [-0.2, 0) is 0 Å². The first kappa shape index (κ1) is 16.3. The molecule has 1 saturated carbocycles. The number of nitrogens with zero attached hydrogens (tertiary/aromatic N) is 1. The minimum atomic E-state index is 0. The van der Waals surface area contributed by atoms with Crippen molar-refractivity contribution >= 4 is 5.84 Å². The molecule has 0 aromatic heterocycles. The maximum atomic E-state index is 6.05. The third-order valence-electron chi connectivity index (χ3n) is 4.40. The van der Waals surface area contributed by atoms with Gasteiger partial charge in [-0.3, -0.25) is 5.32 Å². The number of halogens is 1. The van der Waals surface area contributed by atoms with Crippen molar-refractivity contribution in [1.82, 2.24) is 0 Å². The summed E-state index contributed by atoms with van der Waals surface area (Å²) in [6.07, 6.45) is 7.71. The number of hydrogen-bond acceptors (Lipinski definition) is 2. The lowest BCUT2D eigenvalue weighted by Gasteiger charge is -2.24. The van der Waals surface area contributed by atoms with Gasteiger partial charge in [0.2, 0.25) is 0 Å². The predicted octanol–water partition coefficient (Wildman–Crippen LogP) is -0.517. The molecule has 2 N–H and O–H groups in total. The Labute approximate surface area is 133 Å². The van der Waals surface area contributed by atoms with Crippen molar-refractivity contribution < 1.29 is 22.5 Å². The van der Waals surface area contributed by atoms with Gasteiger partial charge in [0, 0.05) is 0 Å². The van der Waals surface area contributed by atoms with Gasteiger partial charge in [-0.05, 0) is 30.4 Å². The van der Waals surface area contributed by atoms with Gasteiger partial charge in [0.1, 0.15) is 12.3 Å². The van der Waals surface area contributed by atoms with Crippen LogP contribution in [0.4, 0.5) is 0 Å². The zero-order valence-corrected chi connectivity index (χ0v) is 13.3. The summed E-state index contributed by atoms with van der Waals surface area (Å²) >= 11 is 0. The van der Waals surface area contributed by atoms with Crippen molar-refractivity contribution in [2.24, 2.45) is 4.99 Å². The maximum Gasteiger partial charge on any atom is 0.198 e. The van der Waals surface area contributed by atoms with Crippen LogP contribution in [0.15, 0.2) is 29.3 Å². The van der Waals surface area contributed by atoms with Crippen molar-refractivity contribution in [3.8, 4) is 5.75 Å². The Balaban J connectivity index is 0.00000161. The number of para-hydroxylation sites is 1. The highest BCUT2D eigenvalue weighted by atomic mass is 35.5. The Bertz CT molecular complexity index is 470. The van der Waals surface area contributed by atoms with E-state index in [1.807, 2.05) is 0 Å². The van der Waals surface area contributed by atoms with Gasteiger partial charge in [-0.15, -0.1) is 0 Å². The second-order valence-electron chi connectivity index (χ2n) is 5.84. The van der Waals surface area contributed by atoms with Crippen LogP contribution in [-0.4, -0.2) is 25.5 Å². The second kappa shape index (κ2) is 8.40. The summed E-state index contributed by atoms with van der Waals surface area (Å²) in [6, 6.07) is 8.61. The van der Waals surface area contributed by atoms with Crippen molar-refractivity contribution in [3.05, 3.63) is 29.8 Å². The van der Waals surface area contributed by atoms with Crippen LogP contribution in [0, 0.1) is 0 Å². The fourth-order valence-electron chi connectivity index (χ4n) is 3.31. The Kier molecular flexibility index (Phi) is 6.52. The molecule has 0 bridgehead atoms. The van der Waals surface area contributed by atoms with Crippen LogP contribution < -0.4 is 22.5 Å². The monoisotopic (exact) mass is 308 g/mol. The molecule has 0 atom stereocenters. The molecule has 3 rings (SSSR count). The van der Waals surface area contributed by atoms with Crippen LogP contribution in [0.3, 0.4) is 0 Å². The lowest BCUT2D eigenvalue weighted by Crippen LogP contribution is -3.00. The normalized spacial score (nSPS) is 19.0. The third kappa shape index (κ3) is 4.45. The predicted molar refractivity (Wildman–Crippen MR) is 81.5 cm³/mol. The van der Waals surface area contributed by atoms with Gasteiger partial charge in [-0.1, -0.05) is 37.5 Å². The number of nitrogens with two attached hydrogens (primary N) is 1. The number of rotatable bonds is 5. The summed E-state index contributed by atoms with van der Waals surface area (Å²) in [7, 11) is 0. The molecule has 21 heavy (non-hydrogen) atoms. The smallest absolute Gasteiger partial charge is 0.198 e. The van der Waals surface area contributed by atoms with Gasteiger partial charge in [-0.2, -0.15) is 0 Å². The molecule has 0 radical (unpaired) electrons. The molecule has 1 aromatic rings. The first-order chi connectivity index (χ1) is 9.93. The number of hydrogen-bond donors (Lipinski definition) is 1. The average Bonchev–Trinajstić information content (AvgIpc) is 3.02. The molecule has 0 unspecified atom stereocenters. The molecule has 2 aliphatic rings. The quantitative estimate of drug-likeness (QED) is 0.781. The molecule has 0 saturated heterocycles. The summed E-state index contributed by atoms with van der Waals surface area (Å²) in [4.78, 5) is 4.46. The highest BCUT2D eigenvalue weighted by Gasteiger charge is 2.19. The first-order valence-electron chi connectivity index (χ1n) is 8.02. The Morgan fingerprint density at radius 1 is 1.14 bits per heavy atom. The second-order valence-corrected chi connectivity index (χ2v) is 5.84. The van der Waals surface area contributed by atoms with E-state index >= 15 is 0 Å². The Morgan fingerprint density at radius 3 is 2.71 bits per heavy atom. The van der Waals surface area contributed by atoms with E-state index in [1.165, 1.54) is 43.5 Å². The molecule has 1 heterocycles. The minimum absolute atomic E-state index is 0. The summed E-state index contributed by atoms with van der Waals surface area (Å²) < 4.78 is 6.05. The standard InChI is InChI=1S/C17H24N2O.ClH/c1-2-6-14(7-3-1)15-8-4-5-9-16(15)20-13-10-17-18-11-12-19-17;/h4-5,8-9,14H,1-3,6-7,10-13H2,(H,18,19);1H. The topological polar surface area (TPSA) is 38.2 Å². The van der Waals surface area contributed by atoms with Gasteiger partial charge >= 0.3 is 0 Å². The molecule has 1 aromatic carbocycles. The number of quaternary nitrogens is 1. The largest absolute Gasteiger partial charge is 1.00 e. The van der Waals surface area contributed by atoms with E-state index < -0.39 is 0 Å². The fraction of sp³-hybridized carbons (Fsp3) is 0.588. The lowest BCUT2D eigenvalue weighted by atomic mass is 9.84. The third-order valence-corrected chi connectivity index (χ3v) is 4.40. The first-order valence-corrected chi connectivity index (χ1v) is 8.02. The van der Waals surface area contributed by atoms with Crippen LogP contribution in [0.5, 0.6) is 5.75 Å². The zero-order chi connectivity index (χ0) is 13.6. The number of benzene rings is 1. The average molecular weight is 309 g/mol. The molecule has 0 amide bonds. The van der Waals surface area contributed by atoms with E-state index in [0.29, 0.717) is 5.92 Å². The fourth-order valence-corrected chi connectivity index (χ4v) is 3.31. The van der Waals surface area contributed by atoms with E-state index in [9.17, 15) is 0 Å². The molecule has 3 nitrogen and oxygen atoms in total. The van der Waals surface area contributed by atoms with Gasteiger partial charge in [0.15, 0.2) is 5.84 Å². The maximum absolute atomic E-state index is 6.05. The molecule has 1 aliphatic heterocycles. The number of ether oxygens (including phenoxy) is 1. The van der Waals surface area contributed by atoms with Crippen molar-refractivity contribution in [3.63, 3.8) is 0 Å². The van der Waals surface area contributed by atoms with Crippen LogP contribution in [0.2, 0.25) is 0 Å². The summed E-state index contributed by atoms with van der Waals surface area (Å²) in [5, 5.41) is 2.23. The van der Waals surface area contributed by atoms with Gasteiger partial charge in [-0.25, -0.2) is 4.99 Å². The number of amidine groups is 1. The molecule has 116 valence electrons. The summed E-state index contributed by atoms with van der Waals surface area (Å²) in [6.45, 7) is 2.82. The summed E-state index contributed by atoms with van der Waals surface area (Å²) in [5.41, 5.74) is 1.42. The van der Waals surface area contributed by atoms with Gasteiger partial charge in [0.05, 0.1) is 19.6 Å². The number of aliphatic imine (C=N–C) groups is 1. The van der Waals surface area contributed by atoms with Gasteiger partial charge in [0.25, 0.3) is 0 Å². The highest BCUT2D eigenvalue weighted by molar-refractivity contribution is 5.73. The molecule has 0 spiro atoms. The lowest BCUT2D eigenvalue weighted by molar-refractivity contribution is -0.530. The Morgan fingerprint density at radius 2 is 1.95 bits per heavy atom. The van der Waals surface area contributed by atoms with Gasteiger partial charge < -0.3 is 17.1 Å². The van der Waals surface area contributed by atoms with Crippen LogP contribution in [0.25, 0.3) is 0 Å². The van der Waals surface area contributed by atoms with E-state index in [2.05, 4.69) is 34.6 Å². The highest BCUT2D eigenvalue weighted by Crippen LogP contribution is 2.37. The molecular formula is C17H25ClN2O. The SMILES string of the molecule is [Cl-].c1ccc(C2CCCCC2)c(OCCC2=NCC[NH2+]2)c1. The van der Waals surface area contributed by atoms with E-state index in [0.717, 1.165) is 31.9 Å². The van der Waals surface area contributed by atoms with Crippen molar-refractivity contribution in [1.29, 1.82) is 0 Å². The van der Waals surface area contributed by atoms with Crippen LogP contribution in [0.1, 0.15) is 50.0 Å². The van der Waals surface area contributed by atoms with E-state index in [4.69, 9.17) is 4.74 Å². The molecular weight excluding hydrogens is 284 g/mol. The van der Waals surface area contributed by atoms with E-state index in [1.54, 1.807) is 0 Å². The van der Waals surface area contributed by atoms with E-state index in [-0.39, 0.29) is 12.4 Å². The van der Waals surface area contributed by atoms with Crippen molar-refractivity contribution in [2.45, 2.75) is 44.4 Å². The zero-order valence-electron chi connectivity index (χ0n) is 12.6. The summed E-state index contributed by atoms with van der Waals surface area (Å²) in [5.74, 6) is 3.02. The Hall–Kier alpha value is -1.06. The van der Waals surface area contributed by atoms with Crippen LogP contribution >= 0.6 is 0 Å².